The van der Waals surface area contributed by atoms with Gasteiger partial charge in [-0.1, -0.05) is 85.3 Å². The van der Waals surface area contributed by atoms with Crippen LogP contribution in [0.1, 0.15) is 37.0 Å². The Morgan fingerprint density at radius 3 is 2.18 bits per heavy atom. The van der Waals surface area contributed by atoms with Crippen molar-refractivity contribution < 1.29 is 18.0 Å². The summed E-state index contributed by atoms with van der Waals surface area (Å²) < 4.78 is 26.7. The number of carbonyl (C=O) groups excluding carboxylic acids is 2. The highest BCUT2D eigenvalue weighted by molar-refractivity contribution is 7.92. The Labute approximate surface area is 236 Å². The third-order valence-electron chi connectivity index (χ3n) is 6.67. The molecule has 0 spiro atoms. The van der Waals surface area contributed by atoms with Crippen LogP contribution in [-0.4, -0.2) is 50.0 Å². The minimum atomic E-state index is -3.88. The number of aryl methyl sites for hydroxylation is 1. The molecule has 0 aromatic heterocycles. The molecule has 0 fully saturated rings. The van der Waals surface area contributed by atoms with Crippen LogP contribution in [0.15, 0.2) is 78.9 Å². The van der Waals surface area contributed by atoms with Gasteiger partial charge in [0.2, 0.25) is 21.8 Å². The van der Waals surface area contributed by atoms with Gasteiger partial charge in [-0.25, -0.2) is 8.42 Å². The number of para-hydroxylation sites is 1. The maximum Gasteiger partial charge on any atom is 0.244 e. The Morgan fingerprint density at radius 2 is 1.56 bits per heavy atom. The van der Waals surface area contributed by atoms with Crippen LogP contribution in [-0.2, 0) is 32.6 Å². The highest BCUT2D eigenvalue weighted by Gasteiger charge is 2.34. The summed E-state index contributed by atoms with van der Waals surface area (Å²) in [6.45, 7) is 5.46. The lowest BCUT2D eigenvalue weighted by atomic mass is 10.0. The molecule has 2 atom stereocenters. The lowest BCUT2D eigenvalue weighted by Crippen LogP contribution is -2.54. The van der Waals surface area contributed by atoms with Crippen LogP contribution in [0.25, 0.3) is 0 Å². The summed E-state index contributed by atoms with van der Waals surface area (Å²) >= 11 is 6.34. The SMILES string of the molecule is CC[C@@H](C)NC(=O)[C@@H](Cc1ccccc1)N(Cc1ccccc1C)C(=O)CN(c1ccccc1Cl)S(C)(=O)=O. The molecule has 3 rings (SSSR count). The third-order valence-corrected chi connectivity index (χ3v) is 8.12. The van der Waals surface area contributed by atoms with E-state index in [-0.39, 0.29) is 35.6 Å². The number of amides is 2. The molecule has 0 aliphatic carbocycles. The number of benzene rings is 3. The van der Waals surface area contributed by atoms with E-state index in [2.05, 4.69) is 5.32 Å². The van der Waals surface area contributed by atoms with E-state index in [9.17, 15) is 18.0 Å². The summed E-state index contributed by atoms with van der Waals surface area (Å²) in [5.41, 5.74) is 2.91. The Balaban J connectivity index is 2.08. The van der Waals surface area contributed by atoms with E-state index in [4.69, 9.17) is 11.6 Å². The molecular weight excluding hydrogens is 534 g/mol. The van der Waals surface area contributed by atoms with Crippen LogP contribution in [0.5, 0.6) is 0 Å². The number of hydrogen-bond donors (Lipinski definition) is 1. The predicted octanol–water partition coefficient (Wildman–Crippen LogP) is 4.97. The van der Waals surface area contributed by atoms with Crippen molar-refractivity contribution in [2.75, 3.05) is 17.1 Å². The normalized spacial score (nSPS) is 12.8. The van der Waals surface area contributed by atoms with E-state index in [1.54, 1.807) is 24.3 Å². The lowest BCUT2D eigenvalue weighted by molar-refractivity contribution is -0.140. The van der Waals surface area contributed by atoms with Crippen LogP contribution in [0, 0.1) is 6.92 Å². The summed E-state index contributed by atoms with van der Waals surface area (Å²) in [4.78, 5) is 29.3. The minimum Gasteiger partial charge on any atom is -0.352 e. The Hall–Kier alpha value is -3.36. The second kappa shape index (κ2) is 13.6. The molecule has 0 saturated heterocycles. The van der Waals surface area contributed by atoms with E-state index >= 15 is 0 Å². The molecule has 0 aliphatic heterocycles. The molecule has 0 saturated carbocycles. The van der Waals surface area contributed by atoms with E-state index in [1.807, 2.05) is 75.4 Å². The van der Waals surface area contributed by atoms with Gasteiger partial charge in [0.05, 0.1) is 17.0 Å². The maximum absolute atomic E-state index is 14.1. The number of carbonyl (C=O) groups is 2. The first kappa shape index (κ1) is 30.2. The molecule has 0 aliphatic rings. The van der Waals surface area contributed by atoms with Gasteiger partial charge < -0.3 is 10.2 Å². The number of halogens is 1. The van der Waals surface area contributed by atoms with Crippen LogP contribution in [0.2, 0.25) is 5.02 Å². The van der Waals surface area contributed by atoms with Crippen LogP contribution >= 0.6 is 11.6 Å². The van der Waals surface area contributed by atoms with Crippen molar-refractivity contribution in [1.82, 2.24) is 10.2 Å². The van der Waals surface area contributed by atoms with E-state index < -0.39 is 28.5 Å². The molecule has 0 heterocycles. The number of hydrogen-bond acceptors (Lipinski definition) is 4. The molecule has 7 nitrogen and oxygen atoms in total. The van der Waals surface area contributed by atoms with Crippen LogP contribution in [0.4, 0.5) is 5.69 Å². The summed E-state index contributed by atoms with van der Waals surface area (Å²) in [5.74, 6) is -0.803. The zero-order chi connectivity index (χ0) is 28.6. The van der Waals surface area contributed by atoms with Crippen molar-refractivity contribution in [3.05, 3.63) is 101 Å². The van der Waals surface area contributed by atoms with E-state index in [1.165, 1.54) is 4.90 Å². The van der Waals surface area contributed by atoms with Gasteiger partial charge >= 0.3 is 0 Å². The molecule has 2 amide bonds. The molecule has 208 valence electrons. The van der Waals surface area contributed by atoms with E-state index in [0.717, 1.165) is 33.7 Å². The molecule has 0 radical (unpaired) electrons. The molecule has 0 unspecified atom stereocenters. The number of nitrogens with one attached hydrogen (secondary N) is 1. The van der Waals surface area contributed by atoms with Gasteiger partial charge in [0.15, 0.2) is 0 Å². The molecule has 39 heavy (non-hydrogen) atoms. The first-order valence-corrected chi connectivity index (χ1v) is 15.1. The van der Waals surface area contributed by atoms with Gasteiger partial charge in [-0.15, -0.1) is 0 Å². The predicted molar refractivity (Wildman–Crippen MR) is 157 cm³/mol. The summed E-state index contributed by atoms with van der Waals surface area (Å²) in [7, 11) is -3.88. The van der Waals surface area contributed by atoms with Gasteiger partial charge in [0.1, 0.15) is 12.6 Å². The number of rotatable bonds is 12. The summed E-state index contributed by atoms with van der Waals surface area (Å²) in [5, 5.41) is 3.23. The summed E-state index contributed by atoms with van der Waals surface area (Å²) in [6, 6.07) is 22.6. The molecule has 1 N–H and O–H groups in total. The fourth-order valence-corrected chi connectivity index (χ4v) is 5.36. The number of nitrogens with zero attached hydrogens (tertiary/aromatic N) is 2. The smallest absolute Gasteiger partial charge is 0.244 e. The fourth-order valence-electron chi connectivity index (χ4n) is 4.21. The number of anilines is 1. The quantitative estimate of drug-likeness (QED) is 0.334. The first-order valence-electron chi connectivity index (χ1n) is 12.9. The molecule has 0 bridgehead atoms. The van der Waals surface area contributed by atoms with Crippen molar-refractivity contribution in [1.29, 1.82) is 0 Å². The Kier molecular flexibility index (Phi) is 10.5. The van der Waals surface area contributed by atoms with Crippen molar-refractivity contribution in [2.45, 2.75) is 52.2 Å². The van der Waals surface area contributed by atoms with Gasteiger partial charge in [-0.2, -0.15) is 0 Å². The van der Waals surface area contributed by atoms with Crippen LogP contribution in [0.3, 0.4) is 0 Å². The lowest BCUT2D eigenvalue weighted by Gasteiger charge is -2.34. The molecule has 3 aromatic carbocycles. The average Bonchev–Trinajstić information content (AvgIpc) is 2.90. The highest BCUT2D eigenvalue weighted by Crippen LogP contribution is 2.28. The largest absolute Gasteiger partial charge is 0.352 e. The molecule has 9 heteroatoms. The Bertz CT molecular complexity index is 1380. The van der Waals surface area contributed by atoms with Gasteiger partial charge in [0.25, 0.3) is 0 Å². The minimum absolute atomic E-state index is 0.0955. The third kappa shape index (κ3) is 8.31. The average molecular weight is 570 g/mol. The zero-order valence-corrected chi connectivity index (χ0v) is 24.4. The van der Waals surface area contributed by atoms with Gasteiger partial charge in [-0.3, -0.25) is 13.9 Å². The first-order chi connectivity index (χ1) is 18.5. The fraction of sp³-hybridized carbons (Fsp3) is 0.333. The topological polar surface area (TPSA) is 86.8 Å². The number of sulfonamides is 1. The van der Waals surface area contributed by atoms with Crippen molar-refractivity contribution in [3.63, 3.8) is 0 Å². The molecule has 3 aromatic rings. The van der Waals surface area contributed by atoms with Crippen molar-refractivity contribution in [3.8, 4) is 0 Å². The van der Waals surface area contributed by atoms with E-state index in [0.29, 0.717) is 0 Å². The van der Waals surface area contributed by atoms with Crippen LogP contribution < -0.4 is 9.62 Å². The van der Waals surface area contributed by atoms with Gasteiger partial charge in [0, 0.05) is 19.0 Å². The summed E-state index contributed by atoms with van der Waals surface area (Å²) in [6.07, 6.45) is 2.03. The highest BCUT2D eigenvalue weighted by atomic mass is 35.5. The van der Waals surface area contributed by atoms with Crippen molar-refractivity contribution in [2.24, 2.45) is 0 Å². The van der Waals surface area contributed by atoms with Gasteiger partial charge in [-0.05, 0) is 49.1 Å². The second-order valence-electron chi connectivity index (χ2n) is 9.69. The maximum atomic E-state index is 14.1. The molecular formula is C30H36ClN3O4S. The Morgan fingerprint density at radius 1 is 0.949 bits per heavy atom. The monoisotopic (exact) mass is 569 g/mol. The van der Waals surface area contributed by atoms with Crippen molar-refractivity contribution >= 4 is 39.1 Å². The zero-order valence-electron chi connectivity index (χ0n) is 22.8. The standard InChI is InChI=1S/C30H36ClN3O4S/c1-5-23(3)32-30(36)28(19-24-14-7-6-8-15-24)33(20-25-16-10-9-13-22(25)2)29(35)21-34(39(4,37)38)27-18-12-11-17-26(27)31/h6-18,23,28H,5,19-21H2,1-4H3,(H,32,36)/t23-,28-/m1/s1. The second-order valence-corrected chi connectivity index (χ2v) is 12.0.